The molecule has 0 spiro atoms. The number of hydrogen-bond donors (Lipinski definition) is 2. The van der Waals surface area contributed by atoms with Crippen LogP contribution in [0, 0.1) is 0 Å². The first-order chi connectivity index (χ1) is 9.31. The minimum Gasteiger partial charge on any atom is -0.346 e. The Kier molecular flexibility index (Phi) is 6.57. The third kappa shape index (κ3) is 4.51. The van der Waals surface area contributed by atoms with E-state index in [0.717, 1.165) is 5.69 Å². The summed E-state index contributed by atoms with van der Waals surface area (Å²) < 4.78 is 29.2. The Labute approximate surface area is 126 Å². The molecule has 0 aliphatic carbocycles. The van der Waals surface area contributed by atoms with E-state index >= 15 is 0 Å². The van der Waals surface area contributed by atoms with Gasteiger partial charge in [-0.25, -0.2) is 13.1 Å². The van der Waals surface area contributed by atoms with Gasteiger partial charge in [0.15, 0.2) is 0 Å². The lowest BCUT2D eigenvalue weighted by atomic mass is 10.3. The molecule has 2 N–H and O–H groups in total. The zero-order valence-corrected chi connectivity index (χ0v) is 14.4. The van der Waals surface area contributed by atoms with Gasteiger partial charge in [0.2, 0.25) is 10.0 Å². The van der Waals surface area contributed by atoms with E-state index < -0.39 is 10.0 Å². The molecule has 0 aliphatic heterocycles. The van der Waals surface area contributed by atoms with Crippen LogP contribution in [0.25, 0.3) is 0 Å². The van der Waals surface area contributed by atoms with Crippen LogP contribution >= 0.6 is 11.8 Å². The molecule has 0 radical (unpaired) electrons. The topological polar surface area (TPSA) is 63.1 Å². The van der Waals surface area contributed by atoms with E-state index in [-0.39, 0.29) is 11.3 Å². The maximum Gasteiger partial charge on any atom is 0.242 e. The highest BCUT2D eigenvalue weighted by atomic mass is 32.2. The van der Waals surface area contributed by atoms with Crippen LogP contribution in [0.5, 0.6) is 0 Å². The van der Waals surface area contributed by atoms with Crippen LogP contribution in [0.3, 0.4) is 0 Å². The summed E-state index contributed by atoms with van der Waals surface area (Å²) in [5, 5.41) is 3.32. The van der Waals surface area contributed by atoms with E-state index in [4.69, 9.17) is 0 Å². The molecule has 1 aromatic heterocycles. The van der Waals surface area contributed by atoms with Crippen molar-refractivity contribution in [2.45, 2.75) is 43.5 Å². The molecule has 0 fully saturated rings. The Balaban J connectivity index is 2.97. The van der Waals surface area contributed by atoms with Gasteiger partial charge in [0, 0.05) is 36.3 Å². The van der Waals surface area contributed by atoms with Gasteiger partial charge in [0.1, 0.15) is 0 Å². The highest BCUT2D eigenvalue weighted by molar-refractivity contribution is 7.99. The first-order valence-electron chi connectivity index (χ1n) is 6.69. The van der Waals surface area contributed by atoms with E-state index in [0.29, 0.717) is 18.0 Å². The summed E-state index contributed by atoms with van der Waals surface area (Å²) in [7, 11) is -1.58. The first kappa shape index (κ1) is 17.6. The molecule has 1 atom stereocenters. The maximum absolute atomic E-state index is 12.3. The van der Waals surface area contributed by atoms with E-state index in [9.17, 15) is 8.42 Å². The molecule has 1 unspecified atom stereocenters. The monoisotopic (exact) mass is 319 g/mol. The molecule has 1 aromatic rings. The quantitative estimate of drug-likeness (QED) is 0.767. The van der Waals surface area contributed by atoms with E-state index in [1.54, 1.807) is 24.0 Å². The predicted molar refractivity (Wildman–Crippen MR) is 85.7 cm³/mol. The van der Waals surface area contributed by atoms with Gasteiger partial charge in [0.25, 0.3) is 0 Å². The van der Waals surface area contributed by atoms with Crippen molar-refractivity contribution in [3.8, 4) is 0 Å². The normalized spacial score (nSPS) is 13.9. The fourth-order valence-electron chi connectivity index (χ4n) is 1.84. The number of thioether (sulfide) groups is 1. The lowest BCUT2D eigenvalue weighted by Gasteiger charge is -2.12. The van der Waals surface area contributed by atoms with Crippen LogP contribution in [0.4, 0.5) is 0 Å². The molecular weight excluding hydrogens is 294 g/mol. The second-order valence-corrected chi connectivity index (χ2v) is 8.14. The van der Waals surface area contributed by atoms with Gasteiger partial charge in [-0.1, -0.05) is 6.92 Å². The largest absolute Gasteiger partial charge is 0.346 e. The van der Waals surface area contributed by atoms with E-state index in [1.807, 2.05) is 38.6 Å². The van der Waals surface area contributed by atoms with Gasteiger partial charge in [-0.05, 0) is 33.2 Å². The molecule has 0 bridgehead atoms. The molecule has 0 amide bonds. The number of nitrogens with one attached hydrogen (secondary N) is 2. The Bertz CT molecular complexity index is 524. The number of aromatic nitrogens is 1. The standard InChI is InChI=1S/C13H25N3O2S2/c1-10(2)16-9-13(6-12(16)8-14-4)20(17,18)15-7-11(3)19-5/h6,9-11,14-15H,7-8H2,1-5H3. The van der Waals surface area contributed by atoms with Crippen molar-refractivity contribution in [2.24, 2.45) is 0 Å². The van der Waals surface area contributed by atoms with Crippen molar-refractivity contribution in [1.82, 2.24) is 14.6 Å². The minimum atomic E-state index is -3.43. The van der Waals surface area contributed by atoms with Crippen molar-refractivity contribution in [3.05, 3.63) is 18.0 Å². The molecule has 5 nitrogen and oxygen atoms in total. The second kappa shape index (κ2) is 7.49. The van der Waals surface area contributed by atoms with Crippen LogP contribution in [0.2, 0.25) is 0 Å². The lowest BCUT2D eigenvalue weighted by molar-refractivity contribution is 0.561. The number of nitrogens with zero attached hydrogens (tertiary/aromatic N) is 1. The van der Waals surface area contributed by atoms with Gasteiger partial charge in [-0.2, -0.15) is 11.8 Å². The van der Waals surface area contributed by atoms with Crippen molar-refractivity contribution >= 4 is 21.8 Å². The molecule has 0 saturated heterocycles. The SMILES string of the molecule is CNCc1cc(S(=O)(=O)NCC(C)SC)cn1C(C)C. The van der Waals surface area contributed by atoms with Crippen molar-refractivity contribution in [1.29, 1.82) is 0 Å². The van der Waals surface area contributed by atoms with Crippen LogP contribution in [0.1, 0.15) is 32.5 Å². The van der Waals surface area contributed by atoms with Crippen LogP contribution < -0.4 is 10.0 Å². The van der Waals surface area contributed by atoms with Gasteiger partial charge in [0.05, 0.1) is 4.90 Å². The number of hydrogen-bond acceptors (Lipinski definition) is 4. The third-order valence-corrected chi connectivity index (χ3v) is 5.46. The average Bonchev–Trinajstić information content (AvgIpc) is 2.81. The summed E-state index contributed by atoms with van der Waals surface area (Å²) in [6, 6.07) is 1.97. The highest BCUT2D eigenvalue weighted by Gasteiger charge is 2.19. The lowest BCUT2D eigenvalue weighted by Crippen LogP contribution is -2.29. The van der Waals surface area contributed by atoms with Crippen molar-refractivity contribution < 1.29 is 8.42 Å². The molecule has 0 saturated carbocycles. The van der Waals surface area contributed by atoms with Gasteiger partial charge in [-0.15, -0.1) is 0 Å². The Morgan fingerprint density at radius 1 is 1.35 bits per heavy atom. The van der Waals surface area contributed by atoms with Gasteiger partial charge >= 0.3 is 0 Å². The maximum atomic E-state index is 12.3. The van der Waals surface area contributed by atoms with Crippen LogP contribution in [-0.2, 0) is 16.6 Å². The molecule has 0 aliphatic rings. The van der Waals surface area contributed by atoms with E-state index in [2.05, 4.69) is 10.0 Å². The summed E-state index contributed by atoms with van der Waals surface area (Å²) in [5.74, 6) is 0. The van der Waals surface area contributed by atoms with Crippen LogP contribution in [-0.4, -0.2) is 38.1 Å². The van der Waals surface area contributed by atoms with Gasteiger partial charge < -0.3 is 9.88 Å². The first-order valence-corrected chi connectivity index (χ1v) is 9.46. The van der Waals surface area contributed by atoms with Crippen LogP contribution in [0.15, 0.2) is 17.2 Å². The highest BCUT2D eigenvalue weighted by Crippen LogP contribution is 2.19. The molecule has 116 valence electrons. The zero-order valence-electron chi connectivity index (χ0n) is 12.8. The molecule has 20 heavy (non-hydrogen) atoms. The Morgan fingerprint density at radius 3 is 2.50 bits per heavy atom. The third-order valence-electron chi connectivity index (χ3n) is 3.09. The fraction of sp³-hybridized carbons (Fsp3) is 0.692. The fourth-order valence-corrected chi connectivity index (χ4v) is 3.38. The number of rotatable bonds is 8. The summed E-state index contributed by atoms with van der Waals surface area (Å²) in [5.41, 5.74) is 0.973. The summed E-state index contributed by atoms with van der Waals surface area (Å²) in [4.78, 5) is 0.338. The molecule has 0 aromatic carbocycles. The molecule has 1 heterocycles. The number of sulfonamides is 1. The smallest absolute Gasteiger partial charge is 0.242 e. The van der Waals surface area contributed by atoms with Crippen molar-refractivity contribution in [2.75, 3.05) is 19.8 Å². The molecular formula is C13H25N3O2S2. The van der Waals surface area contributed by atoms with Crippen molar-refractivity contribution in [3.63, 3.8) is 0 Å². The zero-order chi connectivity index (χ0) is 15.3. The summed E-state index contributed by atoms with van der Waals surface area (Å²) >= 11 is 1.64. The predicted octanol–water partition coefficient (Wildman–Crippen LogP) is 1.82. The molecule has 1 rings (SSSR count). The summed E-state index contributed by atoms with van der Waals surface area (Å²) in [6.45, 7) is 7.17. The summed E-state index contributed by atoms with van der Waals surface area (Å²) in [6.07, 6.45) is 3.68. The Morgan fingerprint density at radius 2 is 2.00 bits per heavy atom. The molecule has 7 heteroatoms. The minimum absolute atomic E-state index is 0.229. The second-order valence-electron chi connectivity index (χ2n) is 5.10. The van der Waals surface area contributed by atoms with E-state index in [1.165, 1.54) is 0 Å². The van der Waals surface area contributed by atoms with Gasteiger partial charge in [-0.3, -0.25) is 0 Å². The average molecular weight is 319 g/mol. The Hall–Kier alpha value is -0.500.